The van der Waals surface area contributed by atoms with Gasteiger partial charge in [-0.1, -0.05) is 35.3 Å². The van der Waals surface area contributed by atoms with E-state index < -0.39 is 0 Å². The highest BCUT2D eigenvalue weighted by Gasteiger charge is 2.41. The van der Waals surface area contributed by atoms with E-state index in [-0.39, 0.29) is 12.1 Å². The Morgan fingerprint density at radius 3 is 2.53 bits per heavy atom. The van der Waals surface area contributed by atoms with Gasteiger partial charge >= 0.3 is 0 Å². The van der Waals surface area contributed by atoms with Crippen molar-refractivity contribution >= 4 is 40.5 Å². The van der Waals surface area contributed by atoms with Gasteiger partial charge in [-0.15, -0.1) is 0 Å². The molecule has 1 fully saturated rings. The van der Waals surface area contributed by atoms with Crippen molar-refractivity contribution in [1.29, 1.82) is 0 Å². The topological polar surface area (TPSA) is 46.0 Å². The largest absolute Gasteiger partial charge is 0.352 e. The second-order valence-electron chi connectivity index (χ2n) is 8.34. The van der Waals surface area contributed by atoms with E-state index in [0.29, 0.717) is 21.7 Å². The van der Waals surface area contributed by atoms with Crippen molar-refractivity contribution in [2.45, 2.75) is 32.5 Å². The molecule has 5 nitrogen and oxygen atoms in total. The molecule has 4 heterocycles. The van der Waals surface area contributed by atoms with Crippen LogP contribution in [0.25, 0.3) is 5.69 Å². The summed E-state index contributed by atoms with van der Waals surface area (Å²) >= 11 is 18.8. The van der Waals surface area contributed by atoms with Gasteiger partial charge in [0.05, 0.1) is 33.5 Å². The molecule has 0 aliphatic carbocycles. The van der Waals surface area contributed by atoms with Crippen LogP contribution in [-0.2, 0) is 6.54 Å². The molecule has 1 aliphatic rings. The Balaban J connectivity index is 1.64. The number of benzene rings is 1. The van der Waals surface area contributed by atoms with Crippen molar-refractivity contribution in [3.8, 4) is 5.69 Å². The predicted molar refractivity (Wildman–Crippen MR) is 140 cm³/mol. The minimum Gasteiger partial charge on any atom is -0.352 e. The summed E-state index contributed by atoms with van der Waals surface area (Å²) in [6.07, 6.45) is 5.43. The van der Waals surface area contributed by atoms with Crippen molar-refractivity contribution < 1.29 is 0 Å². The first-order chi connectivity index (χ1) is 16.5. The van der Waals surface area contributed by atoms with E-state index in [1.807, 2.05) is 48.7 Å². The van der Waals surface area contributed by atoms with Crippen LogP contribution in [0.15, 0.2) is 73.2 Å². The maximum atomic E-state index is 6.61. The van der Waals surface area contributed by atoms with Crippen LogP contribution in [0.5, 0.6) is 0 Å². The second-order valence-corrected chi connectivity index (χ2v) is 9.52. The lowest BCUT2D eigenvalue weighted by atomic mass is 9.96. The van der Waals surface area contributed by atoms with Crippen LogP contribution in [0.2, 0.25) is 10.0 Å². The summed E-state index contributed by atoms with van der Waals surface area (Å²) < 4.78 is 2.16. The third-order valence-electron chi connectivity index (χ3n) is 6.26. The first kappa shape index (κ1) is 22.8. The quantitative estimate of drug-likeness (QED) is 0.318. The molecule has 0 amide bonds. The molecule has 1 N–H and O–H groups in total. The van der Waals surface area contributed by atoms with Crippen LogP contribution in [-0.4, -0.2) is 24.5 Å². The van der Waals surface area contributed by atoms with Crippen molar-refractivity contribution in [2.75, 3.05) is 0 Å². The molecule has 0 spiro atoms. The summed E-state index contributed by atoms with van der Waals surface area (Å²) in [5, 5.41) is 5.29. The monoisotopic (exact) mass is 507 g/mol. The zero-order valence-electron chi connectivity index (χ0n) is 18.7. The predicted octanol–water partition coefficient (Wildman–Crippen LogP) is 6.36. The Morgan fingerprint density at radius 2 is 1.79 bits per heavy atom. The molecule has 0 unspecified atom stereocenters. The van der Waals surface area contributed by atoms with Gasteiger partial charge in [0.25, 0.3) is 0 Å². The Labute approximate surface area is 214 Å². The smallest absolute Gasteiger partial charge is 0.170 e. The lowest BCUT2D eigenvalue weighted by molar-refractivity contribution is 0.310. The Hall–Kier alpha value is -2.93. The van der Waals surface area contributed by atoms with Gasteiger partial charge in [-0.3, -0.25) is 9.97 Å². The van der Waals surface area contributed by atoms with E-state index in [1.54, 1.807) is 18.5 Å². The molecule has 4 aromatic rings. The Bertz CT molecular complexity index is 1340. The van der Waals surface area contributed by atoms with Crippen LogP contribution in [0, 0.1) is 13.8 Å². The van der Waals surface area contributed by atoms with E-state index in [4.69, 9.17) is 35.4 Å². The number of nitrogens with one attached hydrogen (secondary N) is 1. The van der Waals surface area contributed by atoms with Gasteiger partial charge in [0.15, 0.2) is 5.11 Å². The van der Waals surface area contributed by atoms with Gasteiger partial charge in [0, 0.05) is 36.5 Å². The minimum absolute atomic E-state index is 0.0616. The molecule has 1 aliphatic heterocycles. The van der Waals surface area contributed by atoms with Gasteiger partial charge in [-0.25, -0.2) is 0 Å². The maximum absolute atomic E-state index is 6.61. The first-order valence-electron chi connectivity index (χ1n) is 11.0. The number of aryl methyl sites for hydroxylation is 1. The molecule has 34 heavy (non-hydrogen) atoms. The number of hydrogen-bond acceptors (Lipinski definition) is 3. The lowest BCUT2D eigenvalue weighted by Gasteiger charge is -2.28. The number of hydrogen-bond donors (Lipinski definition) is 1. The molecule has 2 atom stereocenters. The number of pyridine rings is 2. The van der Waals surface area contributed by atoms with Crippen molar-refractivity contribution in [2.24, 2.45) is 0 Å². The van der Waals surface area contributed by atoms with Gasteiger partial charge in [0.1, 0.15) is 0 Å². The van der Waals surface area contributed by atoms with Crippen molar-refractivity contribution in [3.05, 3.63) is 111 Å². The molecule has 5 rings (SSSR count). The van der Waals surface area contributed by atoms with Gasteiger partial charge in [-0.05, 0) is 79.7 Å². The normalized spacial score (nSPS) is 17.8. The van der Waals surface area contributed by atoms with Crippen LogP contribution >= 0.6 is 35.4 Å². The molecule has 1 aromatic carbocycles. The number of aromatic nitrogens is 3. The maximum Gasteiger partial charge on any atom is 0.170 e. The fourth-order valence-electron chi connectivity index (χ4n) is 4.72. The van der Waals surface area contributed by atoms with E-state index in [9.17, 15) is 0 Å². The summed E-state index contributed by atoms with van der Waals surface area (Å²) in [6, 6.07) is 17.8. The lowest BCUT2D eigenvalue weighted by Crippen LogP contribution is -2.29. The van der Waals surface area contributed by atoms with E-state index in [2.05, 4.69) is 44.7 Å². The zero-order chi connectivity index (χ0) is 23.8. The highest BCUT2D eigenvalue weighted by atomic mass is 35.5. The molecule has 8 heteroatoms. The summed E-state index contributed by atoms with van der Waals surface area (Å²) in [4.78, 5) is 11.0. The minimum atomic E-state index is -0.0979. The number of nitrogens with zero attached hydrogens (tertiary/aromatic N) is 4. The fourth-order valence-corrected chi connectivity index (χ4v) is 5.41. The molecule has 1 saturated heterocycles. The van der Waals surface area contributed by atoms with Gasteiger partial charge in [-0.2, -0.15) is 0 Å². The Kier molecular flexibility index (Phi) is 6.30. The summed E-state index contributed by atoms with van der Waals surface area (Å²) in [5.74, 6) is 0. The average molecular weight is 508 g/mol. The molecule has 172 valence electrons. The van der Waals surface area contributed by atoms with Crippen LogP contribution in [0.3, 0.4) is 0 Å². The van der Waals surface area contributed by atoms with Crippen molar-refractivity contribution in [1.82, 2.24) is 24.8 Å². The highest BCUT2D eigenvalue weighted by Crippen LogP contribution is 2.43. The third-order valence-corrected chi connectivity index (χ3v) is 7.42. The summed E-state index contributed by atoms with van der Waals surface area (Å²) in [5.41, 5.74) is 6.25. The highest BCUT2D eigenvalue weighted by molar-refractivity contribution is 7.80. The molecule has 0 radical (unpaired) electrons. The number of rotatable bonds is 5. The fraction of sp³-hybridized carbons (Fsp3) is 0.192. The zero-order valence-corrected chi connectivity index (χ0v) is 21.1. The molecule has 0 bridgehead atoms. The van der Waals surface area contributed by atoms with E-state index in [1.165, 1.54) is 0 Å². The molecule has 3 aromatic heterocycles. The number of halogens is 2. The van der Waals surface area contributed by atoms with E-state index >= 15 is 0 Å². The molecular formula is C26H23Cl2N5S. The first-order valence-corrected chi connectivity index (χ1v) is 12.1. The standard InChI is InChI=1S/C26H23Cl2N5S/c1-16-14-19(17(2)33(16)22-8-5-6-20(27)23(22)28)25-24(21-7-3-4-11-30-21)31-26(34)32(25)15-18-9-12-29-13-10-18/h3-14,24-25H,15H2,1-2H3,(H,31,34)/t24-,25+/m0/s1. The molecular weight excluding hydrogens is 485 g/mol. The second kappa shape index (κ2) is 9.37. The van der Waals surface area contributed by atoms with Crippen LogP contribution < -0.4 is 5.32 Å². The van der Waals surface area contributed by atoms with Crippen molar-refractivity contribution in [3.63, 3.8) is 0 Å². The summed E-state index contributed by atoms with van der Waals surface area (Å²) in [7, 11) is 0. The van der Waals surface area contributed by atoms with E-state index in [0.717, 1.165) is 33.9 Å². The average Bonchev–Trinajstić information content (AvgIpc) is 3.32. The number of thiocarbonyl (C=S) groups is 1. The Morgan fingerprint density at radius 1 is 1.00 bits per heavy atom. The van der Waals surface area contributed by atoms with Gasteiger partial charge < -0.3 is 14.8 Å². The van der Waals surface area contributed by atoms with Crippen LogP contribution in [0.1, 0.15) is 40.3 Å². The third kappa shape index (κ3) is 4.06. The van der Waals surface area contributed by atoms with Crippen LogP contribution in [0.4, 0.5) is 0 Å². The summed E-state index contributed by atoms with van der Waals surface area (Å²) in [6.45, 7) is 4.85. The van der Waals surface area contributed by atoms with Gasteiger partial charge in [0.2, 0.25) is 0 Å². The molecule has 0 saturated carbocycles. The SMILES string of the molecule is Cc1cc([C@@H]2[C@H](c3ccccn3)NC(=S)N2Cc2ccncc2)c(C)n1-c1cccc(Cl)c1Cl.